The molecule has 1 rings (SSSR count). The highest BCUT2D eigenvalue weighted by Gasteiger charge is 2.10. The van der Waals surface area contributed by atoms with Gasteiger partial charge in [-0.15, -0.1) is 0 Å². The molecule has 19 heavy (non-hydrogen) atoms. The van der Waals surface area contributed by atoms with Crippen molar-refractivity contribution in [2.75, 3.05) is 34.3 Å². The number of ether oxygens (including phenoxy) is 1. The molecule has 0 aliphatic heterocycles. The van der Waals surface area contributed by atoms with E-state index in [4.69, 9.17) is 4.74 Å². The van der Waals surface area contributed by atoms with Crippen molar-refractivity contribution in [2.24, 2.45) is 0 Å². The van der Waals surface area contributed by atoms with Crippen molar-refractivity contribution in [1.29, 1.82) is 0 Å². The zero-order chi connectivity index (χ0) is 14.3. The molecule has 0 aliphatic carbocycles. The summed E-state index contributed by atoms with van der Waals surface area (Å²) in [5.41, 5.74) is 0.911. The van der Waals surface area contributed by atoms with E-state index in [0.717, 1.165) is 25.1 Å². The first-order valence-electron chi connectivity index (χ1n) is 6.79. The Bertz CT molecular complexity index is 380. The molecule has 108 valence electrons. The summed E-state index contributed by atoms with van der Waals surface area (Å²) in [5, 5.41) is 13.4. The quantitative estimate of drug-likeness (QED) is 0.709. The average Bonchev–Trinajstić information content (AvgIpc) is 2.37. The molecule has 1 aromatic carbocycles. The largest absolute Gasteiger partial charge is 0.507 e. The van der Waals surface area contributed by atoms with Crippen molar-refractivity contribution in [3.63, 3.8) is 0 Å². The van der Waals surface area contributed by atoms with Gasteiger partial charge in [0.05, 0.1) is 7.11 Å². The highest BCUT2D eigenvalue weighted by atomic mass is 16.5. The maximum atomic E-state index is 9.94. The van der Waals surface area contributed by atoms with Gasteiger partial charge in [0.25, 0.3) is 0 Å². The van der Waals surface area contributed by atoms with Crippen molar-refractivity contribution >= 4 is 0 Å². The van der Waals surface area contributed by atoms with E-state index in [1.807, 2.05) is 12.1 Å². The number of phenolic OH excluding ortho intramolecular Hbond substituents is 1. The van der Waals surface area contributed by atoms with Crippen molar-refractivity contribution in [1.82, 2.24) is 10.2 Å². The van der Waals surface area contributed by atoms with Crippen LogP contribution >= 0.6 is 0 Å². The molecule has 0 aliphatic rings. The Balaban J connectivity index is 2.39. The summed E-state index contributed by atoms with van der Waals surface area (Å²) >= 11 is 0. The predicted molar refractivity (Wildman–Crippen MR) is 78.9 cm³/mol. The SMILES string of the molecule is COc1ccc(C(C)NCCCCN(C)C)c(O)c1. The molecule has 4 nitrogen and oxygen atoms in total. The summed E-state index contributed by atoms with van der Waals surface area (Å²) in [6, 6.07) is 5.58. The fourth-order valence-corrected chi connectivity index (χ4v) is 2.00. The second-order valence-corrected chi connectivity index (χ2v) is 5.11. The molecule has 1 atom stereocenters. The van der Waals surface area contributed by atoms with Crippen LogP contribution in [0.5, 0.6) is 11.5 Å². The number of unbranched alkanes of at least 4 members (excludes halogenated alkanes) is 1. The lowest BCUT2D eigenvalue weighted by molar-refractivity contribution is 0.387. The van der Waals surface area contributed by atoms with Crippen LogP contribution in [0.2, 0.25) is 0 Å². The zero-order valence-electron chi connectivity index (χ0n) is 12.4. The Hall–Kier alpha value is -1.26. The van der Waals surface area contributed by atoms with Gasteiger partial charge in [-0.1, -0.05) is 6.07 Å². The lowest BCUT2D eigenvalue weighted by Crippen LogP contribution is -2.21. The van der Waals surface area contributed by atoms with Gasteiger partial charge >= 0.3 is 0 Å². The fraction of sp³-hybridized carbons (Fsp3) is 0.600. The molecule has 4 heteroatoms. The number of rotatable bonds is 8. The standard InChI is InChI=1S/C15H26N2O2/c1-12(16-9-5-6-10-17(2)3)14-8-7-13(19-4)11-15(14)18/h7-8,11-12,16,18H,5-6,9-10H2,1-4H3. The van der Waals surface area contributed by atoms with E-state index < -0.39 is 0 Å². The number of methoxy groups -OCH3 is 1. The summed E-state index contributed by atoms with van der Waals surface area (Å²) in [5.74, 6) is 0.965. The Morgan fingerprint density at radius 2 is 2.05 bits per heavy atom. The summed E-state index contributed by atoms with van der Waals surface area (Å²) in [4.78, 5) is 2.19. The van der Waals surface area contributed by atoms with Gasteiger partial charge in [0, 0.05) is 17.7 Å². The van der Waals surface area contributed by atoms with E-state index in [-0.39, 0.29) is 11.8 Å². The summed E-state index contributed by atoms with van der Waals surface area (Å²) in [7, 11) is 5.78. The van der Waals surface area contributed by atoms with Gasteiger partial charge in [0.15, 0.2) is 0 Å². The molecule has 2 N–H and O–H groups in total. The van der Waals surface area contributed by atoms with Crippen LogP contribution in [0, 0.1) is 0 Å². The summed E-state index contributed by atoms with van der Waals surface area (Å²) in [6.07, 6.45) is 2.32. The smallest absolute Gasteiger partial charge is 0.124 e. The van der Waals surface area contributed by atoms with E-state index in [2.05, 4.69) is 31.2 Å². The molecule has 0 fully saturated rings. The second kappa shape index (κ2) is 8.02. The normalized spacial score (nSPS) is 12.7. The van der Waals surface area contributed by atoms with Gasteiger partial charge in [-0.05, 0) is 53.0 Å². The van der Waals surface area contributed by atoms with Crippen LogP contribution in [0.4, 0.5) is 0 Å². The minimum atomic E-state index is 0.144. The van der Waals surface area contributed by atoms with Gasteiger partial charge < -0.3 is 20.1 Å². The molecule has 0 saturated carbocycles. The lowest BCUT2D eigenvalue weighted by atomic mass is 10.1. The summed E-state index contributed by atoms with van der Waals surface area (Å²) in [6.45, 7) is 4.14. The predicted octanol–water partition coefficient (Wildman–Crippen LogP) is 2.39. The van der Waals surface area contributed by atoms with Crippen LogP contribution in [0.25, 0.3) is 0 Å². The molecular formula is C15H26N2O2. The number of phenols is 1. The van der Waals surface area contributed by atoms with E-state index >= 15 is 0 Å². The summed E-state index contributed by atoms with van der Waals surface area (Å²) < 4.78 is 5.08. The Morgan fingerprint density at radius 1 is 1.32 bits per heavy atom. The van der Waals surface area contributed by atoms with Crippen molar-refractivity contribution in [3.8, 4) is 11.5 Å². The Morgan fingerprint density at radius 3 is 2.63 bits per heavy atom. The third-order valence-corrected chi connectivity index (χ3v) is 3.19. The Kier molecular flexibility index (Phi) is 6.67. The monoisotopic (exact) mass is 266 g/mol. The van der Waals surface area contributed by atoms with Crippen molar-refractivity contribution in [2.45, 2.75) is 25.8 Å². The average molecular weight is 266 g/mol. The first kappa shape index (κ1) is 15.8. The maximum Gasteiger partial charge on any atom is 0.124 e. The Labute approximate surface area is 116 Å². The number of hydrogen-bond acceptors (Lipinski definition) is 4. The third-order valence-electron chi connectivity index (χ3n) is 3.19. The molecule has 0 amide bonds. The molecule has 0 heterocycles. The molecule has 0 radical (unpaired) electrons. The van der Waals surface area contributed by atoms with Gasteiger partial charge in [0.1, 0.15) is 11.5 Å². The molecule has 0 aromatic heterocycles. The molecule has 1 unspecified atom stereocenters. The number of aromatic hydroxyl groups is 1. The van der Waals surface area contributed by atoms with E-state index in [1.54, 1.807) is 13.2 Å². The molecule has 0 bridgehead atoms. The maximum absolute atomic E-state index is 9.94. The third kappa shape index (κ3) is 5.49. The molecule has 0 saturated heterocycles. The van der Waals surface area contributed by atoms with Gasteiger partial charge in [-0.3, -0.25) is 0 Å². The minimum absolute atomic E-state index is 0.144. The number of hydrogen-bond donors (Lipinski definition) is 2. The van der Waals surface area contributed by atoms with Gasteiger partial charge in [0.2, 0.25) is 0 Å². The van der Waals surface area contributed by atoms with E-state index in [9.17, 15) is 5.11 Å². The van der Waals surface area contributed by atoms with Gasteiger partial charge in [-0.25, -0.2) is 0 Å². The van der Waals surface area contributed by atoms with Crippen LogP contribution in [0.1, 0.15) is 31.4 Å². The van der Waals surface area contributed by atoms with E-state index in [0.29, 0.717) is 5.75 Å². The lowest BCUT2D eigenvalue weighted by Gasteiger charge is -2.16. The highest BCUT2D eigenvalue weighted by Crippen LogP contribution is 2.28. The first-order valence-corrected chi connectivity index (χ1v) is 6.79. The fourth-order valence-electron chi connectivity index (χ4n) is 2.00. The minimum Gasteiger partial charge on any atom is -0.507 e. The number of nitrogens with zero attached hydrogens (tertiary/aromatic N) is 1. The van der Waals surface area contributed by atoms with Crippen LogP contribution in [-0.4, -0.2) is 44.3 Å². The van der Waals surface area contributed by atoms with Crippen LogP contribution in [0.3, 0.4) is 0 Å². The van der Waals surface area contributed by atoms with Crippen LogP contribution < -0.4 is 10.1 Å². The second-order valence-electron chi connectivity index (χ2n) is 5.11. The van der Waals surface area contributed by atoms with E-state index in [1.165, 1.54) is 6.42 Å². The first-order chi connectivity index (χ1) is 9.04. The van der Waals surface area contributed by atoms with Crippen molar-refractivity contribution in [3.05, 3.63) is 23.8 Å². The molecule has 1 aromatic rings. The number of benzene rings is 1. The number of nitrogens with one attached hydrogen (secondary N) is 1. The highest BCUT2D eigenvalue weighted by molar-refractivity contribution is 5.41. The zero-order valence-corrected chi connectivity index (χ0v) is 12.4. The van der Waals surface area contributed by atoms with Crippen molar-refractivity contribution < 1.29 is 9.84 Å². The molecular weight excluding hydrogens is 240 g/mol. The van der Waals surface area contributed by atoms with Gasteiger partial charge in [-0.2, -0.15) is 0 Å². The van der Waals surface area contributed by atoms with Crippen LogP contribution in [-0.2, 0) is 0 Å². The van der Waals surface area contributed by atoms with Crippen LogP contribution in [0.15, 0.2) is 18.2 Å². The topological polar surface area (TPSA) is 44.7 Å². The molecule has 0 spiro atoms.